The number of hydrogen-bond acceptors (Lipinski definition) is 4. The Morgan fingerprint density at radius 2 is 1.67 bits per heavy atom. The van der Waals surface area contributed by atoms with Crippen molar-refractivity contribution in [3.05, 3.63) is 78.8 Å². The molecule has 1 aliphatic rings. The lowest BCUT2D eigenvalue weighted by molar-refractivity contribution is -0.124. The molecule has 5 rings (SSSR count). The van der Waals surface area contributed by atoms with Gasteiger partial charge < -0.3 is 4.42 Å². The minimum atomic E-state index is 0.0553. The predicted octanol–water partition coefficient (Wildman–Crippen LogP) is 5.35. The molecule has 0 radical (unpaired) electrons. The minimum absolute atomic E-state index is 0.0553. The molecule has 2 heterocycles. The summed E-state index contributed by atoms with van der Waals surface area (Å²) in [6.45, 7) is 0.403. The predicted molar refractivity (Wildman–Crippen MR) is 110 cm³/mol. The van der Waals surface area contributed by atoms with Gasteiger partial charge in [-0.25, -0.2) is 4.99 Å². The van der Waals surface area contributed by atoms with E-state index in [2.05, 4.69) is 30.3 Å². The second-order valence-electron chi connectivity index (χ2n) is 6.41. The number of rotatable bonds is 3. The summed E-state index contributed by atoms with van der Waals surface area (Å²) >= 11 is 1.48. The average Bonchev–Trinajstić information content (AvgIpc) is 3.33. The molecule has 1 fully saturated rings. The van der Waals surface area contributed by atoms with Crippen LogP contribution >= 0.6 is 11.8 Å². The summed E-state index contributed by atoms with van der Waals surface area (Å²) in [6.07, 6.45) is 1.62. The van der Waals surface area contributed by atoms with Gasteiger partial charge in [-0.3, -0.25) is 9.69 Å². The summed E-state index contributed by atoms with van der Waals surface area (Å²) in [6, 6.07) is 22.4. The van der Waals surface area contributed by atoms with Crippen molar-refractivity contribution < 1.29 is 9.21 Å². The van der Waals surface area contributed by atoms with Crippen molar-refractivity contribution >= 4 is 50.1 Å². The van der Waals surface area contributed by atoms with E-state index >= 15 is 0 Å². The van der Waals surface area contributed by atoms with Crippen molar-refractivity contribution in [3.8, 4) is 0 Å². The third-order valence-electron chi connectivity index (χ3n) is 4.70. The van der Waals surface area contributed by atoms with E-state index in [-0.39, 0.29) is 5.91 Å². The highest BCUT2D eigenvalue weighted by molar-refractivity contribution is 8.15. The van der Waals surface area contributed by atoms with Crippen LogP contribution in [0.4, 0.5) is 5.69 Å². The molecule has 4 nitrogen and oxygen atoms in total. The van der Waals surface area contributed by atoms with Crippen LogP contribution in [0.1, 0.15) is 5.76 Å². The minimum Gasteiger partial charge on any atom is -0.467 e. The number of carbonyl (C=O) groups is 1. The molecule has 1 amide bonds. The number of nitrogens with zero attached hydrogens (tertiary/aromatic N) is 2. The molecule has 4 aromatic rings. The van der Waals surface area contributed by atoms with Crippen molar-refractivity contribution in [2.24, 2.45) is 4.99 Å². The van der Waals surface area contributed by atoms with E-state index in [4.69, 9.17) is 9.41 Å². The molecule has 0 N–H and O–H groups in total. The van der Waals surface area contributed by atoms with Gasteiger partial charge in [0.25, 0.3) is 0 Å². The number of aliphatic imine (C=N–C) groups is 1. The van der Waals surface area contributed by atoms with Gasteiger partial charge in [0.2, 0.25) is 5.91 Å². The van der Waals surface area contributed by atoms with E-state index in [1.54, 1.807) is 11.2 Å². The molecule has 0 spiro atoms. The van der Waals surface area contributed by atoms with Gasteiger partial charge in [0.1, 0.15) is 5.76 Å². The first-order chi connectivity index (χ1) is 13.3. The first-order valence-electron chi connectivity index (χ1n) is 8.74. The van der Waals surface area contributed by atoms with Gasteiger partial charge in [-0.05, 0) is 29.0 Å². The molecule has 1 aromatic heterocycles. The second kappa shape index (κ2) is 6.59. The Kier molecular flexibility index (Phi) is 3.94. The third kappa shape index (κ3) is 2.90. The van der Waals surface area contributed by atoms with Crippen LogP contribution in [0, 0.1) is 0 Å². The molecule has 27 heavy (non-hydrogen) atoms. The monoisotopic (exact) mass is 372 g/mol. The maximum absolute atomic E-state index is 12.4. The fraction of sp³-hybridized carbons (Fsp3) is 0.0909. The number of furan rings is 1. The highest BCUT2D eigenvalue weighted by Gasteiger charge is 2.29. The van der Waals surface area contributed by atoms with E-state index in [0.717, 1.165) is 38.2 Å². The number of amidine groups is 1. The number of carbonyl (C=O) groups excluding carboxylic acids is 1. The molecular formula is C22H16N2O2S. The van der Waals surface area contributed by atoms with Gasteiger partial charge in [-0.15, -0.1) is 0 Å². The number of hydrogen-bond donors (Lipinski definition) is 0. The molecule has 0 unspecified atom stereocenters. The zero-order chi connectivity index (χ0) is 18.2. The first-order valence-corrected chi connectivity index (χ1v) is 9.73. The van der Waals surface area contributed by atoms with Crippen LogP contribution in [0.2, 0.25) is 0 Å². The van der Waals surface area contributed by atoms with Gasteiger partial charge in [-0.1, -0.05) is 60.3 Å². The molecule has 0 saturated carbocycles. The molecular weight excluding hydrogens is 356 g/mol. The summed E-state index contributed by atoms with van der Waals surface area (Å²) in [5.41, 5.74) is 0.908. The SMILES string of the molecule is O=C1CSC(=Nc2c3ccccc3cc3ccccc23)N1Cc1ccco1. The van der Waals surface area contributed by atoms with Gasteiger partial charge >= 0.3 is 0 Å². The van der Waals surface area contributed by atoms with Crippen molar-refractivity contribution in [2.45, 2.75) is 6.54 Å². The molecule has 1 saturated heterocycles. The topological polar surface area (TPSA) is 45.8 Å². The standard InChI is InChI=1S/C22H16N2O2S/c25-20-14-27-22(24(20)13-17-8-5-11-26-17)23-21-18-9-3-1-6-15(18)12-16-7-2-4-10-19(16)21/h1-12H,13-14H2. The van der Waals surface area contributed by atoms with Crippen LogP contribution in [0.15, 0.2) is 82.4 Å². The van der Waals surface area contributed by atoms with Gasteiger partial charge in [0.15, 0.2) is 5.17 Å². The maximum Gasteiger partial charge on any atom is 0.239 e. The molecule has 5 heteroatoms. The van der Waals surface area contributed by atoms with Crippen LogP contribution in [0.3, 0.4) is 0 Å². The Balaban J connectivity index is 1.68. The van der Waals surface area contributed by atoms with Gasteiger partial charge in [0.05, 0.1) is 24.2 Å². The zero-order valence-electron chi connectivity index (χ0n) is 14.5. The van der Waals surface area contributed by atoms with E-state index in [1.807, 2.05) is 36.4 Å². The number of thioether (sulfide) groups is 1. The fourth-order valence-electron chi connectivity index (χ4n) is 3.40. The van der Waals surface area contributed by atoms with Crippen molar-refractivity contribution in [3.63, 3.8) is 0 Å². The fourth-order valence-corrected chi connectivity index (χ4v) is 4.29. The third-order valence-corrected chi connectivity index (χ3v) is 5.66. The molecule has 3 aromatic carbocycles. The van der Waals surface area contributed by atoms with E-state index in [1.165, 1.54) is 11.8 Å². The molecule has 132 valence electrons. The van der Waals surface area contributed by atoms with E-state index in [0.29, 0.717) is 12.3 Å². The summed E-state index contributed by atoms with van der Waals surface area (Å²) in [7, 11) is 0. The second-order valence-corrected chi connectivity index (χ2v) is 7.35. The van der Waals surface area contributed by atoms with Crippen LogP contribution in [0.5, 0.6) is 0 Å². The van der Waals surface area contributed by atoms with Gasteiger partial charge in [0, 0.05) is 10.8 Å². The normalized spacial score (nSPS) is 16.1. The van der Waals surface area contributed by atoms with Crippen LogP contribution < -0.4 is 0 Å². The molecule has 0 atom stereocenters. The first kappa shape index (κ1) is 16.1. The number of amides is 1. The lowest BCUT2D eigenvalue weighted by Gasteiger charge is -2.15. The highest BCUT2D eigenvalue weighted by atomic mass is 32.2. The van der Waals surface area contributed by atoms with E-state index in [9.17, 15) is 4.79 Å². The van der Waals surface area contributed by atoms with Crippen LogP contribution in [-0.4, -0.2) is 21.7 Å². The molecule has 1 aliphatic heterocycles. The summed E-state index contributed by atoms with van der Waals surface area (Å²) in [4.78, 5) is 19.1. The van der Waals surface area contributed by atoms with Crippen molar-refractivity contribution in [1.29, 1.82) is 0 Å². The Morgan fingerprint density at radius 1 is 0.963 bits per heavy atom. The van der Waals surface area contributed by atoms with Crippen LogP contribution in [0.25, 0.3) is 21.5 Å². The van der Waals surface area contributed by atoms with Crippen LogP contribution in [-0.2, 0) is 11.3 Å². The average molecular weight is 372 g/mol. The zero-order valence-corrected chi connectivity index (χ0v) is 15.3. The van der Waals surface area contributed by atoms with Crippen molar-refractivity contribution in [1.82, 2.24) is 4.90 Å². The summed E-state index contributed by atoms with van der Waals surface area (Å²) in [5, 5.41) is 5.17. The van der Waals surface area contributed by atoms with Gasteiger partial charge in [-0.2, -0.15) is 0 Å². The van der Waals surface area contributed by atoms with Crippen molar-refractivity contribution in [2.75, 3.05) is 5.75 Å². The summed E-state index contributed by atoms with van der Waals surface area (Å²) < 4.78 is 5.42. The maximum atomic E-state index is 12.4. The molecule has 0 aliphatic carbocycles. The Morgan fingerprint density at radius 3 is 2.33 bits per heavy atom. The van der Waals surface area contributed by atoms with E-state index < -0.39 is 0 Å². The number of fused-ring (bicyclic) bond motifs is 2. The lowest BCUT2D eigenvalue weighted by atomic mass is 10.0. The Hall–Kier alpha value is -3.05. The smallest absolute Gasteiger partial charge is 0.239 e. The summed E-state index contributed by atoms with van der Waals surface area (Å²) in [5.74, 6) is 1.21. The highest BCUT2D eigenvalue weighted by Crippen LogP contribution is 2.37. The number of benzene rings is 3. The lowest BCUT2D eigenvalue weighted by Crippen LogP contribution is -2.28. The largest absolute Gasteiger partial charge is 0.467 e. The Labute approximate surface area is 160 Å². The Bertz CT molecular complexity index is 1130. The molecule has 0 bridgehead atoms. The quantitative estimate of drug-likeness (QED) is 0.456.